The van der Waals surface area contributed by atoms with Crippen LogP contribution in [0.25, 0.3) is 0 Å². The summed E-state index contributed by atoms with van der Waals surface area (Å²) in [5.41, 5.74) is -0.702. The van der Waals surface area contributed by atoms with Gasteiger partial charge in [-0.3, -0.25) is 10.1 Å². The normalized spacial score (nSPS) is 14.2. The van der Waals surface area contributed by atoms with Gasteiger partial charge in [-0.15, -0.1) is 0 Å². The van der Waals surface area contributed by atoms with Gasteiger partial charge in [0, 0.05) is 24.1 Å². The first kappa shape index (κ1) is 14.7. The lowest BCUT2D eigenvalue weighted by Gasteiger charge is -2.25. The summed E-state index contributed by atoms with van der Waals surface area (Å²) in [6.45, 7) is 5.91. The van der Waals surface area contributed by atoms with E-state index in [4.69, 9.17) is 0 Å². The van der Waals surface area contributed by atoms with Gasteiger partial charge in [-0.2, -0.15) is 5.26 Å². The molecule has 0 bridgehead atoms. The number of aromatic nitrogens is 2. The Balaban J connectivity index is 2.50. The summed E-state index contributed by atoms with van der Waals surface area (Å²) >= 11 is 1.45. The highest BCUT2D eigenvalue weighted by Gasteiger charge is 2.23. The van der Waals surface area contributed by atoms with E-state index < -0.39 is 5.54 Å². The summed E-state index contributed by atoms with van der Waals surface area (Å²) in [6.07, 6.45) is 2.17. The van der Waals surface area contributed by atoms with E-state index in [2.05, 4.69) is 21.4 Å². The molecule has 0 aliphatic rings. The molecular formula is C12H18N4OS. The zero-order chi connectivity index (χ0) is 13.6. The van der Waals surface area contributed by atoms with Crippen molar-refractivity contribution in [2.75, 3.05) is 5.75 Å². The third kappa shape index (κ3) is 4.90. The van der Waals surface area contributed by atoms with Gasteiger partial charge >= 0.3 is 0 Å². The van der Waals surface area contributed by atoms with E-state index in [-0.39, 0.29) is 11.6 Å². The first-order chi connectivity index (χ1) is 8.45. The Morgan fingerprint density at radius 2 is 2.39 bits per heavy atom. The van der Waals surface area contributed by atoms with Crippen molar-refractivity contribution < 1.29 is 0 Å². The first-order valence-electron chi connectivity index (χ1n) is 5.82. The van der Waals surface area contributed by atoms with E-state index >= 15 is 0 Å². The minimum Gasteiger partial charge on any atom is -0.301 e. The molecule has 0 saturated carbocycles. The molecule has 0 fully saturated rings. The molecule has 6 heteroatoms. The molecule has 1 aromatic rings. The Hall–Kier alpha value is -1.32. The molecule has 0 aliphatic carbocycles. The number of H-pyrrole nitrogens is 1. The number of nitrogens with zero attached hydrogens (tertiary/aromatic N) is 2. The van der Waals surface area contributed by atoms with Crippen LogP contribution in [0.15, 0.2) is 22.2 Å². The van der Waals surface area contributed by atoms with Crippen molar-refractivity contribution in [1.82, 2.24) is 15.3 Å². The quantitative estimate of drug-likeness (QED) is 0.603. The van der Waals surface area contributed by atoms with Crippen LogP contribution in [0.3, 0.4) is 0 Å². The van der Waals surface area contributed by atoms with Crippen LogP contribution in [0.1, 0.15) is 27.2 Å². The lowest BCUT2D eigenvalue weighted by Crippen LogP contribution is -2.45. The minimum atomic E-state index is -0.545. The molecule has 1 heterocycles. The Bertz CT molecular complexity index is 479. The second-order valence-electron chi connectivity index (χ2n) is 4.58. The maximum Gasteiger partial charge on any atom is 0.251 e. The number of aromatic amines is 1. The molecule has 2 N–H and O–H groups in total. The zero-order valence-electron chi connectivity index (χ0n) is 10.9. The molecule has 0 amide bonds. The standard InChI is InChI=1S/C12H18N4OS/c1-9(2)16-12(3,8-13)5-7-18-11-14-6-4-10(17)15-11/h4,6,9,16H,5,7H2,1-3H3,(H,14,15,17). The van der Waals surface area contributed by atoms with Crippen LogP contribution >= 0.6 is 11.8 Å². The van der Waals surface area contributed by atoms with E-state index in [0.29, 0.717) is 11.6 Å². The van der Waals surface area contributed by atoms with E-state index in [9.17, 15) is 10.1 Å². The number of rotatable bonds is 6. The SMILES string of the molecule is CC(C)NC(C)(C#N)CCSc1nccc(=O)[nH]1. The molecule has 1 aromatic heterocycles. The van der Waals surface area contributed by atoms with E-state index in [1.54, 1.807) is 0 Å². The Kier molecular flexibility index (Phi) is 5.38. The lowest BCUT2D eigenvalue weighted by molar-refractivity contribution is 0.397. The summed E-state index contributed by atoms with van der Waals surface area (Å²) < 4.78 is 0. The van der Waals surface area contributed by atoms with Crippen LogP contribution < -0.4 is 10.9 Å². The highest BCUT2D eigenvalue weighted by atomic mass is 32.2. The van der Waals surface area contributed by atoms with Crippen LogP contribution in [0.4, 0.5) is 0 Å². The van der Waals surface area contributed by atoms with Gasteiger partial charge in [0.15, 0.2) is 5.16 Å². The monoisotopic (exact) mass is 266 g/mol. The van der Waals surface area contributed by atoms with E-state index in [0.717, 1.165) is 5.75 Å². The molecule has 0 aliphatic heterocycles. The number of thioether (sulfide) groups is 1. The largest absolute Gasteiger partial charge is 0.301 e. The van der Waals surface area contributed by atoms with Gasteiger partial charge in [-0.05, 0) is 27.2 Å². The number of nitrogens with one attached hydrogen (secondary N) is 2. The molecule has 18 heavy (non-hydrogen) atoms. The van der Waals surface area contributed by atoms with Crippen molar-refractivity contribution in [3.05, 3.63) is 22.6 Å². The molecule has 98 valence electrons. The smallest absolute Gasteiger partial charge is 0.251 e. The fourth-order valence-corrected chi connectivity index (χ4v) is 2.59. The van der Waals surface area contributed by atoms with Crippen molar-refractivity contribution in [3.63, 3.8) is 0 Å². The number of hydrogen-bond acceptors (Lipinski definition) is 5. The third-order valence-electron chi connectivity index (χ3n) is 2.34. The maximum absolute atomic E-state index is 11.1. The predicted octanol–water partition coefficient (Wildman–Crippen LogP) is 1.53. The van der Waals surface area contributed by atoms with Gasteiger partial charge in [0.2, 0.25) is 0 Å². The predicted molar refractivity (Wildman–Crippen MR) is 72.5 cm³/mol. The van der Waals surface area contributed by atoms with Gasteiger partial charge in [0.05, 0.1) is 6.07 Å². The average molecular weight is 266 g/mol. The van der Waals surface area contributed by atoms with Crippen LogP contribution in [0.5, 0.6) is 0 Å². The molecule has 1 unspecified atom stereocenters. The van der Waals surface area contributed by atoms with Crippen molar-refractivity contribution in [1.29, 1.82) is 5.26 Å². The summed E-state index contributed by atoms with van der Waals surface area (Å²) in [5.74, 6) is 0.719. The van der Waals surface area contributed by atoms with Crippen molar-refractivity contribution in [3.8, 4) is 6.07 Å². The fraction of sp³-hybridized carbons (Fsp3) is 0.583. The van der Waals surface area contributed by atoms with Crippen molar-refractivity contribution in [2.45, 2.75) is 43.9 Å². The van der Waals surface area contributed by atoms with Crippen LogP contribution in [-0.4, -0.2) is 27.3 Å². The second kappa shape index (κ2) is 6.57. The lowest BCUT2D eigenvalue weighted by atomic mass is 10.0. The van der Waals surface area contributed by atoms with Crippen LogP contribution in [-0.2, 0) is 0 Å². The molecule has 5 nitrogen and oxygen atoms in total. The Morgan fingerprint density at radius 1 is 1.67 bits per heavy atom. The number of hydrogen-bond donors (Lipinski definition) is 2. The Morgan fingerprint density at radius 3 is 2.94 bits per heavy atom. The van der Waals surface area contributed by atoms with Gasteiger partial charge in [0.1, 0.15) is 5.54 Å². The third-order valence-corrected chi connectivity index (χ3v) is 3.23. The zero-order valence-corrected chi connectivity index (χ0v) is 11.7. The van der Waals surface area contributed by atoms with Gasteiger partial charge in [-0.25, -0.2) is 4.98 Å². The fourth-order valence-electron chi connectivity index (χ4n) is 1.57. The molecule has 1 atom stereocenters. The summed E-state index contributed by atoms with van der Waals surface area (Å²) in [6, 6.07) is 3.93. The summed E-state index contributed by atoms with van der Waals surface area (Å²) in [7, 11) is 0. The summed E-state index contributed by atoms with van der Waals surface area (Å²) in [5, 5.41) is 13.0. The molecular weight excluding hydrogens is 248 g/mol. The molecule has 0 radical (unpaired) electrons. The first-order valence-corrected chi connectivity index (χ1v) is 6.81. The van der Waals surface area contributed by atoms with Gasteiger partial charge < -0.3 is 4.98 Å². The highest BCUT2D eigenvalue weighted by Crippen LogP contribution is 2.18. The molecule has 0 saturated heterocycles. The van der Waals surface area contributed by atoms with E-state index in [1.807, 2.05) is 20.8 Å². The van der Waals surface area contributed by atoms with Gasteiger partial charge in [-0.1, -0.05) is 11.8 Å². The Labute approximate surface area is 111 Å². The van der Waals surface area contributed by atoms with Gasteiger partial charge in [0.25, 0.3) is 5.56 Å². The van der Waals surface area contributed by atoms with Crippen LogP contribution in [0, 0.1) is 11.3 Å². The molecule has 0 spiro atoms. The minimum absolute atomic E-state index is 0.157. The maximum atomic E-state index is 11.1. The average Bonchev–Trinajstić information content (AvgIpc) is 2.28. The summed E-state index contributed by atoms with van der Waals surface area (Å²) in [4.78, 5) is 17.8. The van der Waals surface area contributed by atoms with E-state index in [1.165, 1.54) is 24.0 Å². The molecule has 0 aromatic carbocycles. The van der Waals surface area contributed by atoms with Crippen molar-refractivity contribution >= 4 is 11.8 Å². The van der Waals surface area contributed by atoms with Crippen molar-refractivity contribution in [2.24, 2.45) is 0 Å². The van der Waals surface area contributed by atoms with Crippen LogP contribution in [0.2, 0.25) is 0 Å². The highest BCUT2D eigenvalue weighted by molar-refractivity contribution is 7.99. The topological polar surface area (TPSA) is 81.6 Å². The molecule has 1 rings (SSSR count). The number of nitriles is 1. The second-order valence-corrected chi connectivity index (χ2v) is 5.66.